The average molecular weight is 342 g/mol. The van der Waals surface area contributed by atoms with E-state index < -0.39 is 11.6 Å². The predicted octanol–water partition coefficient (Wildman–Crippen LogP) is 4.41. The summed E-state index contributed by atoms with van der Waals surface area (Å²) >= 11 is 3.43. The van der Waals surface area contributed by atoms with Crippen molar-refractivity contribution in [3.05, 3.63) is 58.1 Å². The van der Waals surface area contributed by atoms with E-state index in [2.05, 4.69) is 15.9 Å². The Kier molecular flexibility index (Phi) is 4.73. The highest BCUT2D eigenvalue weighted by atomic mass is 79.9. The highest BCUT2D eigenvalue weighted by Gasteiger charge is 2.07. The summed E-state index contributed by atoms with van der Waals surface area (Å²) in [4.78, 5) is 0. The van der Waals surface area contributed by atoms with E-state index in [-0.39, 0.29) is 11.8 Å². The molecular formula is C15H14BrF2NO. The summed E-state index contributed by atoms with van der Waals surface area (Å²) in [5, 5.41) is 0. The first-order valence-corrected chi connectivity index (χ1v) is 6.91. The molecule has 0 saturated carbocycles. The van der Waals surface area contributed by atoms with Crippen LogP contribution in [0.5, 0.6) is 11.5 Å². The lowest BCUT2D eigenvalue weighted by molar-refractivity contribution is 0.467. The Morgan fingerprint density at radius 3 is 2.30 bits per heavy atom. The quantitative estimate of drug-likeness (QED) is 0.893. The second kappa shape index (κ2) is 6.33. The van der Waals surface area contributed by atoms with Gasteiger partial charge in [0.15, 0.2) is 0 Å². The van der Waals surface area contributed by atoms with Gasteiger partial charge in [-0.2, -0.15) is 0 Å². The SMILES string of the molecule is CC(N)Cc1ccc(Oc2cc(F)cc(F)c2)cc1Br. The van der Waals surface area contributed by atoms with Gasteiger partial charge in [-0.25, -0.2) is 8.78 Å². The molecule has 0 spiro atoms. The average Bonchev–Trinajstić information content (AvgIpc) is 2.31. The molecule has 0 aliphatic carbocycles. The number of hydrogen-bond acceptors (Lipinski definition) is 2. The van der Waals surface area contributed by atoms with Gasteiger partial charge in [0, 0.05) is 28.7 Å². The summed E-state index contributed by atoms with van der Waals surface area (Å²) < 4.78 is 32.4. The van der Waals surface area contributed by atoms with Crippen LogP contribution in [-0.4, -0.2) is 6.04 Å². The predicted molar refractivity (Wildman–Crippen MR) is 77.9 cm³/mol. The van der Waals surface area contributed by atoms with Gasteiger partial charge >= 0.3 is 0 Å². The van der Waals surface area contributed by atoms with Crippen LogP contribution >= 0.6 is 15.9 Å². The Morgan fingerprint density at radius 1 is 1.10 bits per heavy atom. The largest absolute Gasteiger partial charge is 0.457 e. The molecule has 0 aliphatic rings. The van der Waals surface area contributed by atoms with Crippen molar-refractivity contribution in [1.82, 2.24) is 0 Å². The van der Waals surface area contributed by atoms with Crippen LogP contribution in [0.15, 0.2) is 40.9 Å². The maximum Gasteiger partial charge on any atom is 0.133 e. The third-order valence-corrected chi connectivity index (χ3v) is 3.38. The fourth-order valence-electron chi connectivity index (χ4n) is 1.83. The highest BCUT2D eigenvalue weighted by Crippen LogP contribution is 2.28. The maximum atomic E-state index is 13.1. The fraction of sp³-hybridized carbons (Fsp3) is 0.200. The van der Waals surface area contributed by atoms with Crippen molar-refractivity contribution in [2.24, 2.45) is 5.73 Å². The molecule has 0 aliphatic heterocycles. The van der Waals surface area contributed by atoms with Crippen LogP contribution in [-0.2, 0) is 6.42 Å². The van der Waals surface area contributed by atoms with Crippen LogP contribution in [0.2, 0.25) is 0 Å². The van der Waals surface area contributed by atoms with E-state index in [1.165, 1.54) is 0 Å². The molecule has 0 bridgehead atoms. The third-order valence-electron chi connectivity index (χ3n) is 2.64. The van der Waals surface area contributed by atoms with Crippen LogP contribution < -0.4 is 10.5 Å². The van der Waals surface area contributed by atoms with Crippen LogP contribution in [0.1, 0.15) is 12.5 Å². The Labute approximate surface area is 124 Å². The molecular weight excluding hydrogens is 328 g/mol. The zero-order valence-electron chi connectivity index (χ0n) is 10.9. The van der Waals surface area contributed by atoms with Crippen LogP contribution in [0.3, 0.4) is 0 Å². The molecule has 0 aromatic heterocycles. The molecule has 2 aromatic rings. The van der Waals surface area contributed by atoms with E-state index in [0.717, 1.165) is 34.7 Å². The molecule has 2 rings (SSSR count). The minimum Gasteiger partial charge on any atom is -0.457 e. The maximum absolute atomic E-state index is 13.1. The van der Waals surface area contributed by atoms with Crippen molar-refractivity contribution < 1.29 is 13.5 Å². The van der Waals surface area contributed by atoms with E-state index in [9.17, 15) is 8.78 Å². The number of halogens is 3. The summed E-state index contributed by atoms with van der Waals surface area (Å²) in [5.74, 6) is -0.732. The lowest BCUT2D eigenvalue weighted by Crippen LogP contribution is -2.17. The molecule has 0 heterocycles. The third kappa shape index (κ3) is 4.02. The Bertz CT molecular complexity index is 597. The minimum absolute atomic E-state index is 0.0513. The van der Waals surface area contributed by atoms with Gasteiger partial charge in [-0.05, 0) is 31.0 Å². The van der Waals surface area contributed by atoms with Crippen LogP contribution in [0, 0.1) is 11.6 Å². The normalized spacial score (nSPS) is 12.2. The van der Waals surface area contributed by atoms with Crippen LogP contribution in [0.25, 0.3) is 0 Å². The van der Waals surface area contributed by atoms with Gasteiger partial charge in [0.2, 0.25) is 0 Å². The van der Waals surface area contributed by atoms with Crippen molar-refractivity contribution in [2.45, 2.75) is 19.4 Å². The smallest absolute Gasteiger partial charge is 0.133 e. The fourth-order valence-corrected chi connectivity index (χ4v) is 2.35. The van der Waals surface area contributed by atoms with Gasteiger partial charge in [0.1, 0.15) is 23.1 Å². The van der Waals surface area contributed by atoms with Crippen molar-refractivity contribution in [3.8, 4) is 11.5 Å². The van der Waals surface area contributed by atoms with E-state index in [1.807, 2.05) is 13.0 Å². The van der Waals surface area contributed by atoms with E-state index in [1.54, 1.807) is 12.1 Å². The zero-order chi connectivity index (χ0) is 14.7. The topological polar surface area (TPSA) is 35.2 Å². The molecule has 2 aromatic carbocycles. The molecule has 20 heavy (non-hydrogen) atoms. The zero-order valence-corrected chi connectivity index (χ0v) is 12.5. The Hall–Kier alpha value is -1.46. The highest BCUT2D eigenvalue weighted by molar-refractivity contribution is 9.10. The monoisotopic (exact) mass is 341 g/mol. The molecule has 0 fully saturated rings. The van der Waals surface area contributed by atoms with Crippen molar-refractivity contribution in [1.29, 1.82) is 0 Å². The summed E-state index contributed by atoms with van der Waals surface area (Å²) in [5.41, 5.74) is 6.81. The molecule has 0 saturated heterocycles. The van der Waals surface area contributed by atoms with E-state index in [4.69, 9.17) is 10.5 Å². The Morgan fingerprint density at radius 2 is 1.75 bits per heavy atom. The van der Waals surface area contributed by atoms with Gasteiger partial charge in [0.05, 0.1) is 0 Å². The van der Waals surface area contributed by atoms with Crippen molar-refractivity contribution in [2.75, 3.05) is 0 Å². The van der Waals surface area contributed by atoms with Crippen molar-refractivity contribution in [3.63, 3.8) is 0 Å². The summed E-state index contributed by atoms with van der Waals surface area (Å²) in [7, 11) is 0. The van der Waals surface area contributed by atoms with Gasteiger partial charge in [-0.15, -0.1) is 0 Å². The number of nitrogens with two attached hydrogens (primary N) is 1. The Balaban J connectivity index is 2.19. The summed E-state index contributed by atoms with van der Waals surface area (Å²) in [6.45, 7) is 1.92. The first-order chi connectivity index (χ1) is 9.44. The second-order valence-corrected chi connectivity index (χ2v) is 5.50. The lowest BCUT2D eigenvalue weighted by Gasteiger charge is -2.11. The number of ether oxygens (including phenoxy) is 1. The standard InChI is InChI=1S/C15H14BrF2NO/c1-9(19)4-10-2-3-13(8-15(10)16)20-14-6-11(17)5-12(18)7-14/h2-3,5-9H,4,19H2,1H3. The molecule has 2 nitrogen and oxygen atoms in total. The molecule has 2 N–H and O–H groups in total. The summed E-state index contributed by atoms with van der Waals surface area (Å²) in [6, 6.07) is 8.48. The number of rotatable bonds is 4. The van der Waals surface area contributed by atoms with Gasteiger partial charge in [-0.3, -0.25) is 0 Å². The second-order valence-electron chi connectivity index (χ2n) is 4.64. The van der Waals surface area contributed by atoms with Crippen LogP contribution in [0.4, 0.5) is 8.78 Å². The molecule has 5 heteroatoms. The summed E-state index contributed by atoms with van der Waals surface area (Å²) in [6.07, 6.45) is 0.732. The molecule has 1 atom stereocenters. The number of benzene rings is 2. The first kappa shape index (κ1) is 14.9. The lowest BCUT2D eigenvalue weighted by atomic mass is 10.1. The van der Waals surface area contributed by atoms with E-state index >= 15 is 0 Å². The van der Waals surface area contributed by atoms with E-state index in [0.29, 0.717) is 5.75 Å². The van der Waals surface area contributed by atoms with Gasteiger partial charge < -0.3 is 10.5 Å². The minimum atomic E-state index is -0.673. The van der Waals surface area contributed by atoms with Gasteiger partial charge in [0.25, 0.3) is 0 Å². The van der Waals surface area contributed by atoms with Gasteiger partial charge in [-0.1, -0.05) is 22.0 Å². The first-order valence-electron chi connectivity index (χ1n) is 6.12. The van der Waals surface area contributed by atoms with Crippen molar-refractivity contribution >= 4 is 15.9 Å². The molecule has 0 radical (unpaired) electrons. The molecule has 1 unspecified atom stereocenters. The molecule has 106 valence electrons. The number of hydrogen-bond donors (Lipinski definition) is 1. The molecule has 0 amide bonds.